The maximum absolute atomic E-state index is 8.59. The molecule has 0 aromatic rings. The van der Waals surface area contributed by atoms with Gasteiger partial charge in [0.15, 0.2) is 0 Å². The van der Waals surface area contributed by atoms with Crippen LogP contribution in [0.2, 0.25) is 0 Å². The summed E-state index contributed by atoms with van der Waals surface area (Å²) in [6.07, 6.45) is 17.4. The second-order valence-electron chi connectivity index (χ2n) is 5.58. The summed E-state index contributed by atoms with van der Waals surface area (Å²) in [7, 11) is 0. The normalized spacial score (nSPS) is 11.1. The Morgan fingerprint density at radius 3 is 1.47 bits per heavy atom. The SMILES string of the molecule is CCCCCCCCCCCCCCOCCCO. The van der Waals surface area contributed by atoms with Crippen LogP contribution in [-0.4, -0.2) is 24.9 Å². The summed E-state index contributed by atoms with van der Waals surface area (Å²) < 4.78 is 5.41. The first kappa shape index (κ1) is 18.9. The Morgan fingerprint density at radius 1 is 0.579 bits per heavy atom. The van der Waals surface area contributed by atoms with Gasteiger partial charge >= 0.3 is 0 Å². The van der Waals surface area contributed by atoms with Gasteiger partial charge < -0.3 is 9.84 Å². The van der Waals surface area contributed by atoms with Crippen molar-refractivity contribution in [1.82, 2.24) is 0 Å². The molecule has 0 aliphatic rings. The van der Waals surface area contributed by atoms with Gasteiger partial charge in [-0.25, -0.2) is 0 Å². The highest BCUT2D eigenvalue weighted by molar-refractivity contribution is 4.48. The van der Waals surface area contributed by atoms with Crippen molar-refractivity contribution in [2.24, 2.45) is 0 Å². The van der Waals surface area contributed by atoms with Gasteiger partial charge in [-0.2, -0.15) is 0 Å². The Labute approximate surface area is 120 Å². The van der Waals surface area contributed by atoms with Crippen molar-refractivity contribution in [2.75, 3.05) is 19.8 Å². The summed E-state index contributed by atoms with van der Waals surface area (Å²) in [5.74, 6) is 0. The van der Waals surface area contributed by atoms with E-state index < -0.39 is 0 Å². The number of rotatable bonds is 16. The largest absolute Gasteiger partial charge is 0.396 e. The molecular weight excluding hydrogens is 236 g/mol. The molecule has 0 bridgehead atoms. The fourth-order valence-corrected chi connectivity index (χ4v) is 2.31. The van der Waals surface area contributed by atoms with E-state index >= 15 is 0 Å². The van der Waals surface area contributed by atoms with Crippen LogP contribution in [-0.2, 0) is 4.74 Å². The first-order valence-corrected chi connectivity index (χ1v) is 8.60. The predicted octanol–water partition coefficient (Wildman–Crippen LogP) is 5.09. The van der Waals surface area contributed by atoms with Gasteiger partial charge in [0.05, 0.1) is 0 Å². The third-order valence-corrected chi connectivity index (χ3v) is 3.59. The van der Waals surface area contributed by atoms with E-state index in [4.69, 9.17) is 9.84 Å². The van der Waals surface area contributed by atoms with Crippen LogP contribution in [0.4, 0.5) is 0 Å². The van der Waals surface area contributed by atoms with Crippen LogP contribution in [0, 0.1) is 0 Å². The molecule has 0 heterocycles. The zero-order valence-corrected chi connectivity index (χ0v) is 13.2. The predicted molar refractivity (Wildman–Crippen MR) is 83.6 cm³/mol. The third-order valence-electron chi connectivity index (χ3n) is 3.59. The molecule has 116 valence electrons. The lowest BCUT2D eigenvalue weighted by Crippen LogP contribution is -1.98. The number of aliphatic hydroxyl groups excluding tert-OH is 1. The fourth-order valence-electron chi connectivity index (χ4n) is 2.31. The van der Waals surface area contributed by atoms with Crippen molar-refractivity contribution in [3.05, 3.63) is 0 Å². The van der Waals surface area contributed by atoms with Gasteiger partial charge in [-0.1, -0.05) is 77.6 Å². The monoisotopic (exact) mass is 272 g/mol. The lowest BCUT2D eigenvalue weighted by Gasteiger charge is -2.04. The molecule has 0 atom stereocenters. The van der Waals surface area contributed by atoms with Crippen LogP contribution < -0.4 is 0 Å². The molecule has 2 nitrogen and oxygen atoms in total. The molecule has 0 spiro atoms. The number of hydrogen-bond acceptors (Lipinski definition) is 2. The zero-order chi connectivity index (χ0) is 14.0. The van der Waals surface area contributed by atoms with Crippen molar-refractivity contribution in [3.8, 4) is 0 Å². The first-order valence-electron chi connectivity index (χ1n) is 8.60. The van der Waals surface area contributed by atoms with Gasteiger partial charge in [0.2, 0.25) is 0 Å². The summed E-state index contributed by atoms with van der Waals surface area (Å²) in [6, 6.07) is 0. The highest BCUT2D eigenvalue weighted by Gasteiger charge is 1.93. The topological polar surface area (TPSA) is 29.5 Å². The van der Waals surface area contributed by atoms with Crippen molar-refractivity contribution >= 4 is 0 Å². The van der Waals surface area contributed by atoms with Gasteiger partial charge in [0.1, 0.15) is 0 Å². The van der Waals surface area contributed by atoms with Crippen LogP contribution in [0.5, 0.6) is 0 Å². The smallest absolute Gasteiger partial charge is 0.0487 e. The highest BCUT2D eigenvalue weighted by atomic mass is 16.5. The molecule has 0 radical (unpaired) electrons. The Kier molecular flexibility index (Phi) is 17.8. The molecule has 0 rings (SSSR count). The highest BCUT2D eigenvalue weighted by Crippen LogP contribution is 2.11. The van der Waals surface area contributed by atoms with Crippen molar-refractivity contribution in [1.29, 1.82) is 0 Å². The van der Waals surface area contributed by atoms with Crippen molar-refractivity contribution < 1.29 is 9.84 Å². The lowest BCUT2D eigenvalue weighted by molar-refractivity contribution is 0.112. The summed E-state index contributed by atoms with van der Waals surface area (Å²) in [5, 5.41) is 8.59. The first-order chi connectivity index (χ1) is 9.41. The number of ether oxygens (including phenoxy) is 1. The zero-order valence-electron chi connectivity index (χ0n) is 13.2. The van der Waals surface area contributed by atoms with E-state index in [9.17, 15) is 0 Å². The van der Waals surface area contributed by atoms with Crippen LogP contribution in [0.15, 0.2) is 0 Å². The number of unbranched alkanes of at least 4 members (excludes halogenated alkanes) is 11. The van der Waals surface area contributed by atoms with Gasteiger partial charge in [-0.05, 0) is 12.8 Å². The standard InChI is InChI=1S/C17H36O2/c1-2-3-4-5-6-7-8-9-10-11-12-13-16-19-17-14-15-18/h18H,2-17H2,1H3. The van der Waals surface area contributed by atoms with Crippen molar-refractivity contribution in [3.63, 3.8) is 0 Å². The van der Waals surface area contributed by atoms with Gasteiger partial charge in [0.25, 0.3) is 0 Å². The molecule has 0 aliphatic carbocycles. The molecule has 0 aliphatic heterocycles. The van der Waals surface area contributed by atoms with E-state index in [1.54, 1.807) is 0 Å². The molecule has 19 heavy (non-hydrogen) atoms. The second kappa shape index (κ2) is 17.9. The van der Waals surface area contributed by atoms with Crippen LogP contribution in [0.25, 0.3) is 0 Å². The van der Waals surface area contributed by atoms with E-state index in [0.29, 0.717) is 6.61 Å². The quantitative estimate of drug-likeness (QED) is 0.397. The third kappa shape index (κ3) is 17.9. The van der Waals surface area contributed by atoms with Gasteiger partial charge in [-0.3, -0.25) is 0 Å². The minimum atomic E-state index is 0.248. The molecule has 0 unspecified atom stereocenters. The van der Waals surface area contributed by atoms with E-state index in [1.165, 1.54) is 77.0 Å². The molecule has 0 aromatic heterocycles. The molecule has 0 amide bonds. The summed E-state index contributed by atoms with van der Waals surface area (Å²) in [4.78, 5) is 0. The maximum Gasteiger partial charge on any atom is 0.0487 e. The Balaban J connectivity index is 2.88. The minimum absolute atomic E-state index is 0.248. The minimum Gasteiger partial charge on any atom is -0.396 e. The number of aliphatic hydroxyl groups is 1. The summed E-state index contributed by atoms with van der Waals surface area (Å²) >= 11 is 0. The molecule has 0 aromatic carbocycles. The summed E-state index contributed by atoms with van der Waals surface area (Å²) in [5.41, 5.74) is 0. The molecule has 2 heteroatoms. The van der Waals surface area contributed by atoms with Crippen LogP contribution >= 0.6 is 0 Å². The van der Waals surface area contributed by atoms with E-state index in [-0.39, 0.29) is 6.61 Å². The Bertz CT molecular complexity index is 132. The van der Waals surface area contributed by atoms with E-state index in [2.05, 4.69) is 6.92 Å². The van der Waals surface area contributed by atoms with Crippen LogP contribution in [0.1, 0.15) is 90.4 Å². The van der Waals surface area contributed by atoms with Gasteiger partial charge in [-0.15, -0.1) is 0 Å². The molecule has 0 fully saturated rings. The van der Waals surface area contributed by atoms with E-state index in [0.717, 1.165) is 13.0 Å². The average Bonchev–Trinajstić information content (AvgIpc) is 2.43. The Morgan fingerprint density at radius 2 is 1.00 bits per heavy atom. The van der Waals surface area contributed by atoms with Gasteiger partial charge in [0, 0.05) is 19.8 Å². The lowest BCUT2D eigenvalue weighted by atomic mass is 10.1. The van der Waals surface area contributed by atoms with E-state index in [1.807, 2.05) is 0 Å². The van der Waals surface area contributed by atoms with Crippen LogP contribution in [0.3, 0.4) is 0 Å². The fraction of sp³-hybridized carbons (Fsp3) is 1.00. The average molecular weight is 272 g/mol. The molecular formula is C17H36O2. The molecule has 0 saturated heterocycles. The number of hydrogen-bond donors (Lipinski definition) is 1. The molecule has 1 N–H and O–H groups in total. The van der Waals surface area contributed by atoms with Crippen molar-refractivity contribution in [2.45, 2.75) is 90.4 Å². The Hall–Kier alpha value is -0.0800. The molecule has 0 saturated carbocycles. The summed E-state index contributed by atoms with van der Waals surface area (Å²) in [6.45, 7) is 4.11. The second-order valence-corrected chi connectivity index (χ2v) is 5.58. The maximum atomic E-state index is 8.59.